The first-order valence-electron chi connectivity index (χ1n) is 7.58. The molecule has 2 atom stereocenters. The number of Topliss-reactive ketones (excluding diaryl/α,β-unsaturated/α-hetero) is 1. The van der Waals surface area contributed by atoms with E-state index in [0.717, 1.165) is 24.9 Å². The third-order valence-electron chi connectivity index (χ3n) is 4.49. The number of aryl methyl sites for hydroxylation is 1. The van der Waals surface area contributed by atoms with E-state index in [1.807, 2.05) is 24.3 Å². The van der Waals surface area contributed by atoms with Crippen LogP contribution in [0.25, 0.3) is 0 Å². The molecule has 2 nitrogen and oxygen atoms in total. The van der Waals surface area contributed by atoms with Crippen molar-refractivity contribution in [3.8, 4) is 0 Å². The summed E-state index contributed by atoms with van der Waals surface area (Å²) < 4.78 is 0. The van der Waals surface area contributed by atoms with Crippen molar-refractivity contribution >= 4 is 11.5 Å². The van der Waals surface area contributed by atoms with Crippen LogP contribution < -0.4 is 5.73 Å². The van der Waals surface area contributed by atoms with Crippen LogP contribution in [0.5, 0.6) is 0 Å². The van der Waals surface area contributed by atoms with Crippen molar-refractivity contribution < 1.29 is 4.79 Å². The van der Waals surface area contributed by atoms with Crippen LogP contribution in [0.2, 0.25) is 0 Å². The first-order chi connectivity index (χ1) is 9.20. The first-order valence-corrected chi connectivity index (χ1v) is 7.58. The Labute approximate surface area is 116 Å². The zero-order valence-electron chi connectivity index (χ0n) is 11.9. The lowest BCUT2D eigenvalue weighted by Crippen LogP contribution is -2.27. The van der Waals surface area contributed by atoms with Gasteiger partial charge in [0.1, 0.15) is 5.78 Å². The van der Waals surface area contributed by atoms with Gasteiger partial charge in [0, 0.05) is 18.0 Å². The van der Waals surface area contributed by atoms with Crippen LogP contribution >= 0.6 is 0 Å². The van der Waals surface area contributed by atoms with Gasteiger partial charge in [0.05, 0.1) is 0 Å². The summed E-state index contributed by atoms with van der Waals surface area (Å²) in [7, 11) is 0. The molecule has 1 fully saturated rings. The lowest BCUT2D eigenvalue weighted by Gasteiger charge is -2.29. The molecule has 2 unspecified atom stereocenters. The Morgan fingerprint density at radius 2 is 1.89 bits per heavy atom. The van der Waals surface area contributed by atoms with Crippen molar-refractivity contribution in [2.24, 2.45) is 11.8 Å². The maximum atomic E-state index is 12.4. The maximum Gasteiger partial charge on any atom is 0.136 e. The highest BCUT2D eigenvalue weighted by molar-refractivity contribution is 5.81. The molecule has 1 aromatic rings. The van der Waals surface area contributed by atoms with Gasteiger partial charge in [-0.3, -0.25) is 4.79 Å². The number of ketones is 1. The standard InChI is InChI=1S/C17H25NO/c1-2-14-5-3-4-6-16(14)17(19)12-9-13-7-10-15(18)11-8-13/h7-8,10-11,14,16H,2-6,9,12,18H2,1H3. The van der Waals surface area contributed by atoms with Gasteiger partial charge in [0.15, 0.2) is 0 Å². The number of nitrogen functional groups attached to an aromatic ring is 1. The molecule has 1 saturated carbocycles. The number of carbonyl (C=O) groups excluding carboxylic acids is 1. The highest BCUT2D eigenvalue weighted by Gasteiger charge is 2.28. The fraction of sp³-hybridized carbons (Fsp3) is 0.588. The van der Waals surface area contributed by atoms with Crippen LogP contribution in [0, 0.1) is 11.8 Å². The molecule has 0 aliphatic heterocycles. The second-order valence-electron chi connectivity index (χ2n) is 5.77. The minimum absolute atomic E-state index is 0.326. The predicted molar refractivity (Wildman–Crippen MR) is 79.9 cm³/mol. The van der Waals surface area contributed by atoms with Gasteiger partial charge in [-0.1, -0.05) is 38.3 Å². The Balaban J connectivity index is 1.87. The van der Waals surface area contributed by atoms with Crippen LogP contribution in [0.4, 0.5) is 5.69 Å². The maximum absolute atomic E-state index is 12.4. The molecule has 0 bridgehead atoms. The van der Waals surface area contributed by atoms with Crippen molar-refractivity contribution in [3.05, 3.63) is 29.8 Å². The molecule has 19 heavy (non-hydrogen) atoms. The van der Waals surface area contributed by atoms with E-state index in [1.165, 1.54) is 24.8 Å². The molecule has 0 radical (unpaired) electrons. The molecule has 0 amide bonds. The quantitative estimate of drug-likeness (QED) is 0.813. The minimum atomic E-state index is 0.326. The van der Waals surface area contributed by atoms with Crippen LogP contribution in [-0.4, -0.2) is 5.78 Å². The van der Waals surface area contributed by atoms with Crippen molar-refractivity contribution in [3.63, 3.8) is 0 Å². The molecule has 0 aromatic heterocycles. The number of nitrogens with two attached hydrogens (primary N) is 1. The summed E-state index contributed by atoms with van der Waals surface area (Å²) in [5, 5.41) is 0. The number of benzene rings is 1. The Morgan fingerprint density at radius 3 is 2.58 bits per heavy atom. The summed E-state index contributed by atoms with van der Waals surface area (Å²) in [6, 6.07) is 7.88. The smallest absolute Gasteiger partial charge is 0.136 e. The molecule has 104 valence electrons. The van der Waals surface area contributed by atoms with Gasteiger partial charge in [0.25, 0.3) is 0 Å². The highest BCUT2D eigenvalue weighted by atomic mass is 16.1. The SMILES string of the molecule is CCC1CCCCC1C(=O)CCc1ccc(N)cc1. The van der Waals surface area contributed by atoms with E-state index in [-0.39, 0.29) is 0 Å². The monoisotopic (exact) mass is 259 g/mol. The largest absolute Gasteiger partial charge is 0.399 e. The van der Waals surface area contributed by atoms with Crippen LogP contribution in [0.15, 0.2) is 24.3 Å². The molecule has 0 heterocycles. The number of anilines is 1. The lowest BCUT2D eigenvalue weighted by atomic mass is 9.74. The van der Waals surface area contributed by atoms with Crippen LogP contribution in [0.3, 0.4) is 0 Å². The highest BCUT2D eigenvalue weighted by Crippen LogP contribution is 2.33. The molecule has 0 spiro atoms. The number of rotatable bonds is 5. The molecule has 0 saturated heterocycles. The Hall–Kier alpha value is -1.31. The van der Waals surface area contributed by atoms with E-state index >= 15 is 0 Å². The summed E-state index contributed by atoms with van der Waals surface area (Å²) in [6.45, 7) is 2.22. The van der Waals surface area contributed by atoms with Gasteiger partial charge < -0.3 is 5.73 Å². The molecule has 1 aliphatic carbocycles. The third kappa shape index (κ3) is 3.82. The fourth-order valence-electron chi connectivity index (χ4n) is 3.26. The Bertz CT molecular complexity index is 410. The molecular weight excluding hydrogens is 234 g/mol. The topological polar surface area (TPSA) is 43.1 Å². The molecule has 2 rings (SSSR count). The van der Waals surface area contributed by atoms with Gasteiger partial charge in [-0.15, -0.1) is 0 Å². The second kappa shape index (κ2) is 6.74. The van der Waals surface area contributed by atoms with Crippen molar-refractivity contribution in [1.29, 1.82) is 0 Å². The molecule has 1 aromatic carbocycles. The Kier molecular flexibility index (Phi) is 5.00. The van der Waals surface area contributed by atoms with Gasteiger partial charge >= 0.3 is 0 Å². The fourth-order valence-corrected chi connectivity index (χ4v) is 3.26. The molecule has 2 N–H and O–H groups in total. The van der Waals surface area contributed by atoms with E-state index in [0.29, 0.717) is 24.0 Å². The predicted octanol–water partition coefficient (Wildman–Crippen LogP) is 3.99. The summed E-state index contributed by atoms with van der Waals surface area (Å²) in [6.07, 6.45) is 7.58. The van der Waals surface area contributed by atoms with E-state index < -0.39 is 0 Å². The molecular formula is C17H25NO. The van der Waals surface area contributed by atoms with Crippen molar-refractivity contribution in [2.45, 2.75) is 51.9 Å². The number of hydrogen-bond donors (Lipinski definition) is 1. The lowest BCUT2D eigenvalue weighted by molar-refractivity contribution is -0.125. The average Bonchev–Trinajstić information content (AvgIpc) is 2.46. The van der Waals surface area contributed by atoms with E-state index in [1.54, 1.807) is 0 Å². The summed E-state index contributed by atoms with van der Waals surface area (Å²) in [4.78, 5) is 12.4. The summed E-state index contributed by atoms with van der Waals surface area (Å²) in [5.41, 5.74) is 7.67. The minimum Gasteiger partial charge on any atom is -0.399 e. The number of carbonyl (C=O) groups is 1. The van der Waals surface area contributed by atoms with E-state index in [9.17, 15) is 4.79 Å². The van der Waals surface area contributed by atoms with Gasteiger partial charge in [-0.05, 0) is 42.9 Å². The molecule has 1 aliphatic rings. The van der Waals surface area contributed by atoms with Crippen LogP contribution in [-0.2, 0) is 11.2 Å². The normalized spacial score (nSPS) is 23.2. The van der Waals surface area contributed by atoms with Gasteiger partial charge in [-0.25, -0.2) is 0 Å². The zero-order valence-corrected chi connectivity index (χ0v) is 11.9. The third-order valence-corrected chi connectivity index (χ3v) is 4.49. The zero-order chi connectivity index (χ0) is 13.7. The van der Waals surface area contributed by atoms with Gasteiger partial charge in [-0.2, -0.15) is 0 Å². The summed E-state index contributed by atoms with van der Waals surface area (Å²) in [5.74, 6) is 1.43. The number of hydrogen-bond acceptors (Lipinski definition) is 2. The second-order valence-corrected chi connectivity index (χ2v) is 5.77. The average molecular weight is 259 g/mol. The van der Waals surface area contributed by atoms with Crippen molar-refractivity contribution in [2.75, 3.05) is 5.73 Å². The van der Waals surface area contributed by atoms with Gasteiger partial charge in [0.2, 0.25) is 0 Å². The summed E-state index contributed by atoms with van der Waals surface area (Å²) >= 11 is 0. The molecule has 2 heteroatoms. The van der Waals surface area contributed by atoms with E-state index in [2.05, 4.69) is 6.92 Å². The van der Waals surface area contributed by atoms with Crippen LogP contribution in [0.1, 0.15) is 51.0 Å². The van der Waals surface area contributed by atoms with Crippen molar-refractivity contribution in [1.82, 2.24) is 0 Å². The van der Waals surface area contributed by atoms with E-state index in [4.69, 9.17) is 5.73 Å². The Morgan fingerprint density at radius 1 is 1.21 bits per heavy atom. The first kappa shape index (κ1) is 14.1.